The first-order valence-corrected chi connectivity index (χ1v) is 6.80. The van der Waals surface area contributed by atoms with E-state index < -0.39 is 0 Å². The zero-order chi connectivity index (χ0) is 14.7. The number of anilines is 1. The number of para-hydroxylation sites is 1. The van der Waals surface area contributed by atoms with Crippen LogP contribution in [-0.4, -0.2) is 39.5 Å². The lowest BCUT2D eigenvalue weighted by atomic mass is 10.3. The van der Waals surface area contributed by atoms with Crippen LogP contribution in [0.5, 0.6) is 0 Å². The Bertz CT molecular complexity index is 725. The molecule has 6 nitrogen and oxygen atoms in total. The van der Waals surface area contributed by atoms with Crippen molar-refractivity contribution in [3.63, 3.8) is 0 Å². The van der Waals surface area contributed by atoms with Crippen LogP contribution in [-0.2, 0) is 4.74 Å². The van der Waals surface area contributed by atoms with Gasteiger partial charge in [-0.3, -0.25) is 0 Å². The van der Waals surface area contributed by atoms with Gasteiger partial charge in [0.05, 0.1) is 23.4 Å². The Kier molecular flexibility index (Phi) is 3.79. The van der Waals surface area contributed by atoms with Crippen LogP contribution in [0, 0.1) is 0 Å². The molecule has 1 atom stereocenters. The van der Waals surface area contributed by atoms with Gasteiger partial charge in [-0.1, -0.05) is 18.2 Å². The Morgan fingerprint density at radius 3 is 2.81 bits per heavy atom. The van der Waals surface area contributed by atoms with Crippen LogP contribution in [0.25, 0.3) is 16.7 Å². The molecule has 21 heavy (non-hydrogen) atoms. The van der Waals surface area contributed by atoms with Crippen LogP contribution in [0.1, 0.15) is 6.92 Å². The van der Waals surface area contributed by atoms with Gasteiger partial charge < -0.3 is 10.1 Å². The molecule has 0 aliphatic carbocycles. The Hall–Kier alpha value is -2.47. The van der Waals surface area contributed by atoms with Crippen molar-refractivity contribution in [2.24, 2.45) is 0 Å². The maximum atomic E-state index is 5.23. The molecule has 1 unspecified atom stereocenters. The van der Waals surface area contributed by atoms with Gasteiger partial charge in [-0.15, -0.1) is 0 Å². The van der Waals surface area contributed by atoms with Crippen molar-refractivity contribution >= 4 is 16.9 Å². The normalized spacial score (nSPS) is 12.5. The van der Waals surface area contributed by atoms with E-state index in [1.54, 1.807) is 19.6 Å². The molecular weight excluding hydrogens is 266 g/mol. The SMILES string of the molecule is COC(C)CNc1ncnc2c1cnn2-c1ccccc1. The highest BCUT2D eigenvalue weighted by molar-refractivity contribution is 5.87. The summed E-state index contributed by atoms with van der Waals surface area (Å²) in [5.41, 5.74) is 1.76. The highest BCUT2D eigenvalue weighted by Crippen LogP contribution is 2.21. The molecule has 6 heteroatoms. The van der Waals surface area contributed by atoms with Gasteiger partial charge in [0.25, 0.3) is 0 Å². The van der Waals surface area contributed by atoms with Crippen LogP contribution in [0.2, 0.25) is 0 Å². The van der Waals surface area contributed by atoms with Crippen LogP contribution in [0.4, 0.5) is 5.82 Å². The summed E-state index contributed by atoms with van der Waals surface area (Å²) in [6, 6.07) is 9.92. The average molecular weight is 283 g/mol. The number of ether oxygens (including phenoxy) is 1. The summed E-state index contributed by atoms with van der Waals surface area (Å²) in [7, 11) is 1.69. The van der Waals surface area contributed by atoms with Crippen molar-refractivity contribution in [2.45, 2.75) is 13.0 Å². The summed E-state index contributed by atoms with van der Waals surface area (Å²) in [5.74, 6) is 0.770. The van der Waals surface area contributed by atoms with Crippen molar-refractivity contribution < 1.29 is 4.74 Å². The van der Waals surface area contributed by atoms with E-state index in [2.05, 4.69) is 20.4 Å². The molecule has 1 aromatic carbocycles. The molecule has 3 rings (SSSR count). The van der Waals surface area contributed by atoms with Gasteiger partial charge in [0.15, 0.2) is 5.65 Å². The molecule has 0 aliphatic heterocycles. The van der Waals surface area contributed by atoms with Crippen molar-refractivity contribution in [3.8, 4) is 5.69 Å². The zero-order valence-electron chi connectivity index (χ0n) is 12.0. The van der Waals surface area contributed by atoms with Crippen molar-refractivity contribution in [3.05, 3.63) is 42.9 Å². The number of hydrogen-bond donors (Lipinski definition) is 1. The smallest absolute Gasteiger partial charge is 0.168 e. The molecule has 0 radical (unpaired) electrons. The average Bonchev–Trinajstić information content (AvgIpc) is 2.98. The molecule has 0 amide bonds. The highest BCUT2D eigenvalue weighted by atomic mass is 16.5. The first-order chi connectivity index (χ1) is 10.3. The van der Waals surface area contributed by atoms with E-state index in [0.29, 0.717) is 6.54 Å². The van der Waals surface area contributed by atoms with E-state index in [1.165, 1.54) is 0 Å². The van der Waals surface area contributed by atoms with Gasteiger partial charge in [0.1, 0.15) is 12.1 Å². The molecule has 0 aliphatic rings. The van der Waals surface area contributed by atoms with E-state index in [1.807, 2.05) is 41.9 Å². The first-order valence-electron chi connectivity index (χ1n) is 6.80. The largest absolute Gasteiger partial charge is 0.380 e. The first kappa shape index (κ1) is 13.5. The maximum Gasteiger partial charge on any atom is 0.168 e. The number of hydrogen-bond acceptors (Lipinski definition) is 5. The number of rotatable bonds is 5. The second-order valence-corrected chi connectivity index (χ2v) is 4.78. The molecular formula is C15H17N5O. The van der Waals surface area contributed by atoms with E-state index in [-0.39, 0.29) is 6.10 Å². The van der Waals surface area contributed by atoms with Crippen molar-refractivity contribution in [1.82, 2.24) is 19.7 Å². The fourth-order valence-corrected chi connectivity index (χ4v) is 2.07. The molecule has 2 heterocycles. The number of fused-ring (bicyclic) bond motifs is 1. The lowest BCUT2D eigenvalue weighted by Crippen LogP contribution is -2.18. The lowest BCUT2D eigenvalue weighted by molar-refractivity contribution is 0.128. The minimum atomic E-state index is 0.110. The van der Waals surface area contributed by atoms with E-state index in [9.17, 15) is 0 Å². The standard InChI is InChI=1S/C15H17N5O/c1-11(21-2)8-16-14-13-9-19-20(15(13)18-10-17-14)12-6-4-3-5-7-12/h3-7,9-11H,8H2,1-2H3,(H,16,17,18). The van der Waals surface area contributed by atoms with Crippen LogP contribution < -0.4 is 5.32 Å². The molecule has 0 saturated carbocycles. The summed E-state index contributed by atoms with van der Waals surface area (Å²) >= 11 is 0. The van der Waals surface area contributed by atoms with Crippen molar-refractivity contribution in [2.75, 3.05) is 19.0 Å². The van der Waals surface area contributed by atoms with E-state index in [4.69, 9.17) is 4.74 Å². The minimum Gasteiger partial charge on any atom is -0.380 e. The van der Waals surface area contributed by atoms with Gasteiger partial charge in [-0.05, 0) is 19.1 Å². The van der Waals surface area contributed by atoms with Crippen LogP contribution >= 0.6 is 0 Å². The summed E-state index contributed by atoms with van der Waals surface area (Å²) in [6.07, 6.45) is 3.44. The van der Waals surface area contributed by atoms with Gasteiger partial charge in [0.2, 0.25) is 0 Å². The third kappa shape index (κ3) is 2.71. The van der Waals surface area contributed by atoms with Crippen molar-refractivity contribution in [1.29, 1.82) is 0 Å². The monoisotopic (exact) mass is 283 g/mol. The fraction of sp³-hybridized carbons (Fsp3) is 0.267. The molecule has 0 bridgehead atoms. The van der Waals surface area contributed by atoms with Gasteiger partial charge in [-0.25, -0.2) is 14.6 Å². The number of methoxy groups -OCH3 is 1. The molecule has 0 spiro atoms. The van der Waals surface area contributed by atoms with Gasteiger partial charge in [-0.2, -0.15) is 5.10 Å². The molecule has 1 N–H and O–H groups in total. The zero-order valence-corrected chi connectivity index (χ0v) is 12.0. The fourth-order valence-electron chi connectivity index (χ4n) is 2.07. The number of nitrogens with one attached hydrogen (secondary N) is 1. The predicted molar refractivity (Wildman–Crippen MR) is 81.6 cm³/mol. The number of nitrogens with zero attached hydrogens (tertiary/aromatic N) is 4. The molecule has 108 valence electrons. The Morgan fingerprint density at radius 1 is 1.24 bits per heavy atom. The summed E-state index contributed by atoms with van der Waals surface area (Å²) < 4.78 is 7.04. The van der Waals surface area contributed by atoms with Crippen LogP contribution in [0.15, 0.2) is 42.9 Å². The summed E-state index contributed by atoms with van der Waals surface area (Å²) in [5, 5.41) is 8.58. The maximum absolute atomic E-state index is 5.23. The molecule has 3 aromatic rings. The molecule has 0 fully saturated rings. The number of benzene rings is 1. The van der Waals surface area contributed by atoms with E-state index in [0.717, 1.165) is 22.5 Å². The third-order valence-corrected chi connectivity index (χ3v) is 3.33. The molecule has 2 aromatic heterocycles. The highest BCUT2D eigenvalue weighted by Gasteiger charge is 2.11. The quantitative estimate of drug-likeness (QED) is 0.778. The van der Waals surface area contributed by atoms with Crippen LogP contribution in [0.3, 0.4) is 0 Å². The lowest BCUT2D eigenvalue weighted by Gasteiger charge is -2.11. The summed E-state index contributed by atoms with van der Waals surface area (Å²) in [4.78, 5) is 8.63. The Labute approximate surface area is 122 Å². The third-order valence-electron chi connectivity index (χ3n) is 3.33. The minimum absolute atomic E-state index is 0.110. The second kappa shape index (κ2) is 5.88. The summed E-state index contributed by atoms with van der Waals surface area (Å²) in [6.45, 7) is 2.68. The second-order valence-electron chi connectivity index (χ2n) is 4.78. The Balaban J connectivity index is 1.97. The van der Waals surface area contributed by atoms with E-state index >= 15 is 0 Å². The Morgan fingerprint density at radius 2 is 2.05 bits per heavy atom. The number of aromatic nitrogens is 4. The topological polar surface area (TPSA) is 64.9 Å². The predicted octanol–water partition coefficient (Wildman–Crippen LogP) is 2.26. The molecule has 0 saturated heterocycles. The van der Waals surface area contributed by atoms with Gasteiger partial charge in [0, 0.05) is 13.7 Å². The van der Waals surface area contributed by atoms with Gasteiger partial charge >= 0.3 is 0 Å².